The van der Waals surface area contributed by atoms with Gasteiger partial charge >= 0.3 is 5.97 Å². The van der Waals surface area contributed by atoms with Gasteiger partial charge in [0.05, 0.1) is 13.2 Å². The van der Waals surface area contributed by atoms with Crippen LogP contribution >= 0.6 is 0 Å². The van der Waals surface area contributed by atoms with E-state index >= 15 is 0 Å². The van der Waals surface area contributed by atoms with E-state index in [2.05, 4.69) is 0 Å². The fourth-order valence-corrected chi connectivity index (χ4v) is 2.37. The third-order valence-corrected chi connectivity index (χ3v) is 3.33. The van der Waals surface area contributed by atoms with Crippen LogP contribution in [0, 0.1) is 0 Å². The van der Waals surface area contributed by atoms with Crippen LogP contribution in [-0.4, -0.2) is 54.4 Å². The number of aliphatic carboxylic acids is 1. The quantitative estimate of drug-likeness (QED) is 0.802. The molecular weight excluding hydrogens is 244 g/mol. The maximum absolute atomic E-state index is 11.1. The van der Waals surface area contributed by atoms with Gasteiger partial charge in [-0.25, -0.2) is 0 Å². The van der Waals surface area contributed by atoms with E-state index in [1.54, 1.807) is 0 Å². The summed E-state index contributed by atoms with van der Waals surface area (Å²) in [6.07, 6.45) is 0.755. The zero-order valence-electron chi connectivity index (χ0n) is 10.9. The van der Waals surface area contributed by atoms with Gasteiger partial charge in [0.2, 0.25) is 0 Å². The maximum Gasteiger partial charge on any atom is 0.323 e. The summed E-state index contributed by atoms with van der Waals surface area (Å²) in [5.74, 6) is -0.841. The topological polar surface area (TPSA) is 75.8 Å². The SMILES string of the molecule is N[C@H](Cc1ccccc1)CN1CCOC[C@H]1C(=O)O. The van der Waals surface area contributed by atoms with E-state index in [-0.39, 0.29) is 12.6 Å². The zero-order chi connectivity index (χ0) is 13.7. The Kier molecular flexibility index (Phi) is 4.90. The van der Waals surface area contributed by atoms with Crippen LogP contribution in [0.15, 0.2) is 30.3 Å². The molecule has 1 fully saturated rings. The number of nitrogens with zero attached hydrogens (tertiary/aromatic N) is 1. The standard InChI is InChI=1S/C14H20N2O3/c15-12(8-11-4-2-1-3-5-11)9-16-6-7-19-10-13(16)14(17)18/h1-5,12-13H,6-10,15H2,(H,17,18)/t12-,13+/m1/s1. The number of hydrogen-bond donors (Lipinski definition) is 2. The number of hydrogen-bond acceptors (Lipinski definition) is 4. The van der Waals surface area contributed by atoms with E-state index < -0.39 is 12.0 Å². The summed E-state index contributed by atoms with van der Waals surface area (Å²) in [5, 5.41) is 9.15. The largest absolute Gasteiger partial charge is 0.480 e. The highest BCUT2D eigenvalue weighted by atomic mass is 16.5. The second-order valence-corrected chi connectivity index (χ2v) is 4.87. The fraction of sp³-hybridized carbons (Fsp3) is 0.500. The summed E-state index contributed by atoms with van der Waals surface area (Å²) in [6.45, 7) is 2.02. The van der Waals surface area contributed by atoms with Crippen molar-refractivity contribution in [3.63, 3.8) is 0 Å². The zero-order valence-corrected chi connectivity index (χ0v) is 10.9. The van der Waals surface area contributed by atoms with Crippen molar-refractivity contribution in [3.05, 3.63) is 35.9 Å². The third kappa shape index (κ3) is 4.02. The Morgan fingerprint density at radius 3 is 2.89 bits per heavy atom. The maximum atomic E-state index is 11.1. The molecule has 3 N–H and O–H groups in total. The lowest BCUT2D eigenvalue weighted by Gasteiger charge is -2.34. The minimum atomic E-state index is -0.841. The minimum Gasteiger partial charge on any atom is -0.480 e. The highest BCUT2D eigenvalue weighted by Gasteiger charge is 2.29. The Bertz CT molecular complexity index is 410. The molecular formula is C14H20N2O3. The molecule has 1 aromatic rings. The summed E-state index contributed by atoms with van der Waals surface area (Å²) in [6, 6.07) is 9.37. The molecule has 1 heterocycles. The second kappa shape index (κ2) is 6.65. The first-order valence-electron chi connectivity index (χ1n) is 6.51. The van der Waals surface area contributed by atoms with Crippen LogP contribution in [0.1, 0.15) is 5.56 Å². The highest BCUT2D eigenvalue weighted by molar-refractivity contribution is 5.73. The van der Waals surface area contributed by atoms with Crippen molar-refractivity contribution < 1.29 is 14.6 Å². The molecule has 0 aromatic heterocycles. The molecule has 1 aliphatic heterocycles. The molecule has 2 atom stereocenters. The van der Waals surface area contributed by atoms with Crippen molar-refractivity contribution in [3.8, 4) is 0 Å². The molecule has 0 spiro atoms. The monoisotopic (exact) mass is 264 g/mol. The van der Waals surface area contributed by atoms with Gasteiger partial charge in [0.25, 0.3) is 0 Å². The highest BCUT2D eigenvalue weighted by Crippen LogP contribution is 2.09. The molecule has 0 bridgehead atoms. The Morgan fingerprint density at radius 2 is 2.21 bits per heavy atom. The number of rotatable bonds is 5. The predicted molar refractivity (Wildman–Crippen MR) is 71.9 cm³/mol. The Hall–Kier alpha value is -1.43. The average molecular weight is 264 g/mol. The van der Waals surface area contributed by atoms with E-state index in [4.69, 9.17) is 15.6 Å². The second-order valence-electron chi connectivity index (χ2n) is 4.87. The molecule has 1 saturated heterocycles. The van der Waals surface area contributed by atoms with Crippen LogP contribution < -0.4 is 5.73 Å². The van der Waals surface area contributed by atoms with Crippen LogP contribution in [0.5, 0.6) is 0 Å². The smallest absolute Gasteiger partial charge is 0.323 e. The van der Waals surface area contributed by atoms with E-state index in [9.17, 15) is 4.79 Å². The molecule has 104 valence electrons. The molecule has 5 nitrogen and oxygen atoms in total. The molecule has 1 aliphatic rings. The molecule has 5 heteroatoms. The van der Waals surface area contributed by atoms with Gasteiger partial charge in [-0.15, -0.1) is 0 Å². The van der Waals surface area contributed by atoms with Gasteiger partial charge in [-0.1, -0.05) is 30.3 Å². The van der Waals surface area contributed by atoms with E-state index in [0.29, 0.717) is 19.7 Å². The number of carboxylic acid groups (broad SMARTS) is 1. The van der Waals surface area contributed by atoms with Crippen molar-refractivity contribution in [2.75, 3.05) is 26.3 Å². The van der Waals surface area contributed by atoms with Gasteiger partial charge in [-0.3, -0.25) is 9.69 Å². The normalized spacial score (nSPS) is 22.1. The lowest BCUT2D eigenvalue weighted by Crippen LogP contribution is -2.53. The summed E-state index contributed by atoms with van der Waals surface area (Å²) in [5.41, 5.74) is 7.30. The summed E-state index contributed by atoms with van der Waals surface area (Å²) in [7, 11) is 0. The molecule has 0 unspecified atom stereocenters. The van der Waals surface area contributed by atoms with Gasteiger partial charge in [0.15, 0.2) is 0 Å². The van der Waals surface area contributed by atoms with E-state index in [1.807, 2.05) is 35.2 Å². The average Bonchev–Trinajstić information content (AvgIpc) is 2.40. The minimum absolute atomic E-state index is 0.0673. The Balaban J connectivity index is 1.90. The Morgan fingerprint density at radius 1 is 1.47 bits per heavy atom. The van der Waals surface area contributed by atoms with Crippen molar-refractivity contribution in [2.24, 2.45) is 5.73 Å². The van der Waals surface area contributed by atoms with Gasteiger partial charge < -0.3 is 15.6 Å². The molecule has 1 aromatic carbocycles. The van der Waals surface area contributed by atoms with Gasteiger partial charge in [0, 0.05) is 19.1 Å². The lowest BCUT2D eigenvalue weighted by molar-refractivity contribution is -0.149. The lowest BCUT2D eigenvalue weighted by atomic mass is 10.1. The number of benzene rings is 1. The van der Waals surface area contributed by atoms with Crippen LogP contribution in [0.2, 0.25) is 0 Å². The van der Waals surface area contributed by atoms with E-state index in [1.165, 1.54) is 5.56 Å². The first-order valence-corrected chi connectivity index (χ1v) is 6.51. The van der Waals surface area contributed by atoms with Crippen LogP contribution in [0.25, 0.3) is 0 Å². The van der Waals surface area contributed by atoms with Crippen molar-refractivity contribution >= 4 is 5.97 Å². The predicted octanol–water partition coefficient (Wildman–Crippen LogP) is 0.342. The van der Waals surface area contributed by atoms with Gasteiger partial charge in [-0.05, 0) is 12.0 Å². The molecule has 0 radical (unpaired) electrons. The first-order chi connectivity index (χ1) is 9.16. The third-order valence-electron chi connectivity index (χ3n) is 3.33. The molecule has 0 aliphatic carbocycles. The van der Waals surface area contributed by atoms with Gasteiger partial charge in [-0.2, -0.15) is 0 Å². The molecule has 0 amide bonds. The van der Waals surface area contributed by atoms with Gasteiger partial charge in [0.1, 0.15) is 6.04 Å². The van der Waals surface area contributed by atoms with Crippen LogP contribution in [0.4, 0.5) is 0 Å². The molecule has 2 rings (SSSR count). The summed E-state index contributed by atoms with van der Waals surface area (Å²) >= 11 is 0. The van der Waals surface area contributed by atoms with Crippen LogP contribution in [-0.2, 0) is 16.0 Å². The Labute approximate surface area is 113 Å². The number of nitrogens with two attached hydrogens (primary N) is 1. The molecule has 0 saturated carbocycles. The number of carbonyl (C=O) groups is 1. The first kappa shape index (κ1) is 14.0. The van der Waals surface area contributed by atoms with Crippen LogP contribution in [0.3, 0.4) is 0 Å². The number of ether oxygens (including phenoxy) is 1. The summed E-state index contributed by atoms with van der Waals surface area (Å²) < 4.78 is 5.21. The van der Waals surface area contributed by atoms with E-state index in [0.717, 1.165) is 6.42 Å². The van der Waals surface area contributed by atoms with Crippen molar-refractivity contribution in [1.82, 2.24) is 4.90 Å². The van der Waals surface area contributed by atoms with Crippen molar-refractivity contribution in [1.29, 1.82) is 0 Å². The molecule has 19 heavy (non-hydrogen) atoms. The van der Waals surface area contributed by atoms with Crippen molar-refractivity contribution in [2.45, 2.75) is 18.5 Å². The fourth-order valence-electron chi connectivity index (χ4n) is 2.37. The summed E-state index contributed by atoms with van der Waals surface area (Å²) in [4.78, 5) is 13.0. The number of morpholine rings is 1. The number of carboxylic acids is 1.